The van der Waals surface area contributed by atoms with Crippen LogP contribution >= 0.6 is 0 Å². The van der Waals surface area contributed by atoms with Crippen molar-refractivity contribution in [3.8, 4) is 0 Å². The fraction of sp³-hybridized carbons (Fsp3) is 0.419. The number of carbonyl (C=O) groups is 2. The lowest BCUT2D eigenvalue weighted by Crippen LogP contribution is -2.47. The van der Waals surface area contributed by atoms with Crippen LogP contribution in [0.5, 0.6) is 0 Å². The predicted octanol–water partition coefficient (Wildman–Crippen LogP) is 7.14. The molecular formula is C31H35FN4O2+. The topological polar surface area (TPSA) is 65.6 Å². The number of alkyl halides is 1. The zero-order valence-corrected chi connectivity index (χ0v) is 22.2. The smallest absolute Gasteiger partial charge is 0.291 e. The summed E-state index contributed by atoms with van der Waals surface area (Å²) in [5.74, 6) is 0.739. The monoisotopic (exact) mass is 514 g/mol. The van der Waals surface area contributed by atoms with Gasteiger partial charge in [0.15, 0.2) is 5.78 Å². The van der Waals surface area contributed by atoms with Gasteiger partial charge in [-0.25, -0.2) is 4.39 Å². The van der Waals surface area contributed by atoms with Crippen LogP contribution in [0.2, 0.25) is 0 Å². The van der Waals surface area contributed by atoms with E-state index in [1.165, 1.54) is 56.1 Å². The van der Waals surface area contributed by atoms with E-state index < -0.39 is 6.17 Å². The lowest BCUT2D eigenvalue weighted by Gasteiger charge is -2.37. The summed E-state index contributed by atoms with van der Waals surface area (Å²) in [5, 5.41) is 5.05. The van der Waals surface area contributed by atoms with Gasteiger partial charge in [0.2, 0.25) is 5.69 Å². The van der Waals surface area contributed by atoms with E-state index in [1.54, 1.807) is 12.1 Å². The molecule has 1 aromatic heterocycles. The summed E-state index contributed by atoms with van der Waals surface area (Å²) < 4.78 is 15.7. The molecule has 7 heteroatoms. The zero-order valence-electron chi connectivity index (χ0n) is 22.2. The number of azo groups is 2. The summed E-state index contributed by atoms with van der Waals surface area (Å²) in [4.78, 5) is 29.3. The molecular weight excluding hydrogens is 479 g/mol. The first kappa shape index (κ1) is 26.1. The van der Waals surface area contributed by atoms with Gasteiger partial charge in [0.05, 0.1) is 22.9 Å². The molecule has 3 heterocycles. The Bertz CT molecular complexity index is 1280. The summed E-state index contributed by atoms with van der Waals surface area (Å²) >= 11 is 0. The van der Waals surface area contributed by atoms with Gasteiger partial charge in [-0.3, -0.25) is 14.6 Å². The third kappa shape index (κ3) is 5.38. The summed E-state index contributed by atoms with van der Waals surface area (Å²) in [7, 11) is 0. The Morgan fingerprint density at radius 1 is 1.11 bits per heavy atom. The molecule has 6 nitrogen and oxygen atoms in total. The normalized spacial score (nSPS) is 21.5. The van der Waals surface area contributed by atoms with E-state index >= 15 is 0 Å². The van der Waals surface area contributed by atoms with Crippen molar-refractivity contribution >= 4 is 17.4 Å². The maximum Gasteiger partial charge on any atom is 0.291 e. The van der Waals surface area contributed by atoms with E-state index in [0.29, 0.717) is 17.8 Å². The number of halogens is 1. The van der Waals surface area contributed by atoms with E-state index in [2.05, 4.69) is 40.5 Å². The highest BCUT2D eigenvalue weighted by atomic mass is 19.1. The maximum absolute atomic E-state index is 13.5. The van der Waals surface area contributed by atoms with Crippen LogP contribution in [0.4, 0.5) is 10.1 Å². The van der Waals surface area contributed by atoms with Gasteiger partial charge < -0.3 is 4.90 Å². The van der Waals surface area contributed by atoms with E-state index in [9.17, 15) is 14.0 Å². The van der Waals surface area contributed by atoms with Gasteiger partial charge in [-0.15, -0.1) is 0 Å². The van der Waals surface area contributed by atoms with Crippen LogP contribution < -0.4 is 0 Å². The largest absolute Gasteiger partial charge is 0.331 e. The van der Waals surface area contributed by atoms with Gasteiger partial charge in [-0.1, -0.05) is 29.8 Å². The Hall–Kier alpha value is -3.48. The van der Waals surface area contributed by atoms with Gasteiger partial charge in [0.25, 0.3) is 11.9 Å². The van der Waals surface area contributed by atoms with Crippen LogP contribution in [0.15, 0.2) is 71.6 Å². The number of ketones is 1. The highest BCUT2D eigenvalue weighted by molar-refractivity contribution is 5.94. The molecule has 2 aliphatic heterocycles. The minimum Gasteiger partial charge on any atom is -0.331 e. The average Bonchev–Trinajstić information content (AvgIpc) is 3.75. The number of benzene rings is 1. The molecule has 1 aromatic carbocycles. The molecule has 1 amide bonds. The minimum absolute atomic E-state index is 0.0185. The molecule has 0 spiro atoms. The highest BCUT2D eigenvalue weighted by Crippen LogP contribution is 2.47. The quantitative estimate of drug-likeness (QED) is 0.315. The first-order chi connectivity index (χ1) is 18.4. The molecule has 6 rings (SSSR count). The van der Waals surface area contributed by atoms with E-state index in [4.69, 9.17) is 5.11 Å². The Kier molecular flexibility index (Phi) is 7.63. The summed E-state index contributed by atoms with van der Waals surface area (Å²) in [6, 6.07) is 13.5. The molecule has 1 saturated heterocycles. The molecule has 2 aliphatic carbocycles. The van der Waals surface area contributed by atoms with Crippen LogP contribution in [-0.4, -0.2) is 38.9 Å². The molecule has 2 atom stereocenters. The van der Waals surface area contributed by atoms with Gasteiger partial charge in [-0.2, -0.15) is 0 Å². The fourth-order valence-electron chi connectivity index (χ4n) is 5.49. The van der Waals surface area contributed by atoms with Gasteiger partial charge in [0, 0.05) is 31.3 Å². The number of nitrogens with zero attached hydrogens (tertiary/aromatic N) is 4. The van der Waals surface area contributed by atoms with E-state index in [-0.39, 0.29) is 17.7 Å². The number of allylic oxidation sites excluding steroid dienone is 2. The molecule has 1 radical (unpaired) electrons. The molecule has 1 unspecified atom stereocenters. The fourth-order valence-corrected chi connectivity index (χ4v) is 5.49. The lowest BCUT2D eigenvalue weighted by atomic mass is 9.87. The van der Waals surface area contributed by atoms with Crippen molar-refractivity contribution in [1.82, 2.24) is 9.88 Å². The molecule has 1 saturated carbocycles. The molecule has 38 heavy (non-hydrogen) atoms. The summed E-state index contributed by atoms with van der Waals surface area (Å²) in [5.41, 5.74) is 5.81. The second-order valence-electron chi connectivity index (χ2n) is 10.5. The molecule has 197 valence electrons. The number of carbonyl (C=O) groups excluding carboxylic acids is 2. The Labute approximate surface area is 224 Å². The number of rotatable bonds is 5. The van der Waals surface area contributed by atoms with Crippen molar-refractivity contribution in [3.63, 3.8) is 0 Å². The van der Waals surface area contributed by atoms with Crippen LogP contribution in [0, 0.1) is 6.04 Å². The zero-order chi connectivity index (χ0) is 26.8. The van der Waals surface area contributed by atoms with Crippen molar-refractivity contribution in [2.24, 2.45) is 5.11 Å². The van der Waals surface area contributed by atoms with Crippen molar-refractivity contribution in [2.75, 3.05) is 6.54 Å². The van der Waals surface area contributed by atoms with Crippen LogP contribution in [0.25, 0.3) is 0 Å². The Morgan fingerprint density at radius 2 is 1.84 bits per heavy atom. The van der Waals surface area contributed by atoms with Crippen LogP contribution in [0.1, 0.15) is 92.5 Å². The van der Waals surface area contributed by atoms with Crippen molar-refractivity contribution in [2.45, 2.75) is 76.9 Å². The average molecular weight is 515 g/mol. The SMILES string of the molecule is C=CC(C)=O.CC(F)c1ccc(C(=O)N2CC[C]3C4=C(CCCC[C@@H]42)N=[N+]3c2ccc(C3CC3)cc2)cn1. The van der Waals surface area contributed by atoms with Gasteiger partial charge >= 0.3 is 0 Å². The number of amides is 1. The summed E-state index contributed by atoms with van der Waals surface area (Å²) in [6.45, 7) is 6.79. The Morgan fingerprint density at radius 3 is 2.45 bits per heavy atom. The van der Waals surface area contributed by atoms with E-state index in [1.807, 2.05) is 4.90 Å². The molecule has 2 fully saturated rings. The molecule has 0 N–H and O–H groups in total. The van der Waals surface area contributed by atoms with Gasteiger partial charge in [-0.05, 0) is 80.8 Å². The minimum atomic E-state index is -1.14. The summed E-state index contributed by atoms with van der Waals surface area (Å²) in [6.07, 6.45) is 9.12. The molecule has 4 aliphatic rings. The number of pyridine rings is 1. The first-order valence-electron chi connectivity index (χ1n) is 13.6. The lowest BCUT2D eigenvalue weighted by molar-refractivity contribution is -0.487. The Balaban J connectivity index is 0.000000540. The van der Waals surface area contributed by atoms with Gasteiger partial charge in [0.1, 0.15) is 11.9 Å². The second-order valence-corrected chi connectivity index (χ2v) is 10.5. The maximum atomic E-state index is 13.5. The second kappa shape index (κ2) is 11.1. The third-order valence-electron chi connectivity index (χ3n) is 7.71. The number of likely N-dealkylation sites (tertiary alicyclic amines) is 1. The van der Waals surface area contributed by atoms with Crippen LogP contribution in [0.3, 0.4) is 0 Å². The first-order valence-corrected chi connectivity index (χ1v) is 13.6. The number of hydrogen-bond donors (Lipinski definition) is 0. The third-order valence-corrected chi connectivity index (χ3v) is 7.71. The van der Waals surface area contributed by atoms with Crippen molar-refractivity contribution in [3.05, 3.63) is 89.4 Å². The molecule has 0 bridgehead atoms. The number of piperidine rings is 1. The highest BCUT2D eigenvalue weighted by Gasteiger charge is 2.50. The van der Waals surface area contributed by atoms with Crippen molar-refractivity contribution in [1.29, 1.82) is 0 Å². The van der Waals surface area contributed by atoms with Crippen LogP contribution in [-0.2, 0) is 4.79 Å². The standard InChI is InChI=1S/C27H29FN4O.C4H6O/c1-17(28)22-13-10-20(16-29-22)27(33)31-15-14-25-26-23(4-2-3-5-24(26)31)30-32(25)21-11-8-19(9-12-21)18-6-7-18;1-3-4(2)5/h8-13,16-18,24H,2-7,14-15H2,1H3;3H,1H2,2H3/q+1;/t17?,24-;/m0./s1. The number of aromatic nitrogens is 1. The number of hydrogen-bond acceptors (Lipinski definition) is 4. The van der Waals surface area contributed by atoms with E-state index in [0.717, 1.165) is 49.4 Å². The van der Waals surface area contributed by atoms with Crippen molar-refractivity contribution < 1.29 is 18.7 Å². The molecule has 2 aromatic rings. The predicted molar refractivity (Wildman–Crippen MR) is 144 cm³/mol.